The molecular formula is C11H19NS2. The summed E-state index contributed by atoms with van der Waals surface area (Å²) in [7, 11) is 0. The third-order valence-electron chi connectivity index (χ3n) is 2.18. The molecule has 1 heterocycles. The van der Waals surface area contributed by atoms with Crippen LogP contribution in [0.25, 0.3) is 0 Å². The Morgan fingerprint density at radius 3 is 2.86 bits per heavy atom. The number of hydrogen-bond acceptors (Lipinski definition) is 3. The highest BCUT2D eigenvalue weighted by atomic mass is 32.2. The van der Waals surface area contributed by atoms with Crippen LogP contribution in [0, 0.1) is 0 Å². The van der Waals surface area contributed by atoms with Gasteiger partial charge in [-0.3, -0.25) is 0 Å². The highest BCUT2D eigenvalue weighted by Gasteiger charge is 2.06. The first kappa shape index (κ1) is 12.1. The van der Waals surface area contributed by atoms with Gasteiger partial charge in [-0.05, 0) is 24.8 Å². The van der Waals surface area contributed by atoms with E-state index in [0.29, 0.717) is 11.3 Å². The molecule has 0 spiro atoms. The highest BCUT2D eigenvalue weighted by molar-refractivity contribution is 8.01. The van der Waals surface area contributed by atoms with E-state index >= 15 is 0 Å². The second-order valence-corrected chi connectivity index (χ2v) is 6.26. The van der Waals surface area contributed by atoms with Crippen LogP contribution in [0.15, 0.2) is 21.7 Å². The standard InChI is InChI=1S/C11H19NS2/c1-4-9(2)12-8-10(3)14-11-6-5-7-13-11/h5-7,9-10,12H,4,8H2,1-3H3. The largest absolute Gasteiger partial charge is 0.313 e. The van der Waals surface area contributed by atoms with Crippen LogP contribution in [-0.2, 0) is 0 Å². The number of thiophene rings is 1. The fourth-order valence-corrected chi connectivity index (χ4v) is 3.15. The predicted octanol–water partition coefficient (Wildman–Crippen LogP) is 3.62. The molecule has 2 atom stereocenters. The van der Waals surface area contributed by atoms with E-state index in [1.165, 1.54) is 10.6 Å². The molecule has 0 saturated heterocycles. The fourth-order valence-electron chi connectivity index (χ4n) is 1.08. The molecule has 1 aromatic heterocycles. The van der Waals surface area contributed by atoms with Crippen LogP contribution in [0.2, 0.25) is 0 Å². The van der Waals surface area contributed by atoms with Crippen LogP contribution in [0.3, 0.4) is 0 Å². The minimum atomic E-state index is 0.640. The van der Waals surface area contributed by atoms with Gasteiger partial charge in [0.1, 0.15) is 0 Å². The summed E-state index contributed by atoms with van der Waals surface area (Å²) < 4.78 is 1.42. The second kappa shape index (κ2) is 6.49. The van der Waals surface area contributed by atoms with E-state index in [9.17, 15) is 0 Å². The average molecular weight is 229 g/mol. The Bertz CT molecular complexity index is 233. The van der Waals surface area contributed by atoms with Crippen LogP contribution < -0.4 is 5.32 Å². The van der Waals surface area contributed by atoms with Gasteiger partial charge < -0.3 is 5.32 Å². The zero-order valence-electron chi connectivity index (χ0n) is 9.12. The van der Waals surface area contributed by atoms with Gasteiger partial charge in [0.15, 0.2) is 0 Å². The van der Waals surface area contributed by atoms with Crippen molar-refractivity contribution in [2.75, 3.05) is 6.54 Å². The van der Waals surface area contributed by atoms with Crippen molar-refractivity contribution < 1.29 is 0 Å². The lowest BCUT2D eigenvalue weighted by Crippen LogP contribution is -2.30. The van der Waals surface area contributed by atoms with Crippen molar-refractivity contribution in [3.63, 3.8) is 0 Å². The molecule has 0 aromatic carbocycles. The molecule has 1 aromatic rings. The Balaban J connectivity index is 2.19. The van der Waals surface area contributed by atoms with Crippen LogP contribution in [0.5, 0.6) is 0 Å². The topological polar surface area (TPSA) is 12.0 Å². The molecule has 1 N–H and O–H groups in total. The summed E-state index contributed by atoms with van der Waals surface area (Å²) in [4.78, 5) is 0. The van der Waals surface area contributed by atoms with Crippen LogP contribution in [0.4, 0.5) is 0 Å². The Morgan fingerprint density at radius 2 is 2.29 bits per heavy atom. The lowest BCUT2D eigenvalue weighted by atomic mass is 10.2. The lowest BCUT2D eigenvalue weighted by Gasteiger charge is -2.15. The van der Waals surface area contributed by atoms with Gasteiger partial charge in [0.25, 0.3) is 0 Å². The maximum atomic E-state index is 3.53. The van der Waals surface area contributed by atoms with Crippen LogP contribution in [0.1, 0.15) is 27.2 Å². The summed E-state index contributed by atoms with van der Waals surface area (Å²) in [6.45, 7) is 7.83. The van der Waals surface area contributed by atoms with Crippen molar-refractivity contribution in [1.82, 2.24) is 5.32 Å². The molecule has 0 bridgehead atoms. The molecule has 0 aliphatic heterocycles. The molecule has 0 aliphatic carbocycles. The molecule has 80 valence electrons. The number of nitrogens with one attached hydrogen (secondary N) is 1. The van der Waals surface area contributed by atoms with Gasteiger partial charge in [-0.25, -0.2) is 0 Å². The fraction of sp³-hybridized carbons (Fsp3) is 0.636. The Morgan fingerprint density at radius 1 is 1.50 bits per heavy atom. The van der Waals surface area contributed by atoms with E-state index in [-0.39, 0.29) is 0 Å². The first-order valence-corrected chi connectivity index (χ1v) is 6.91. The molecule has 1 nitrogen and oxygen atoms in total. The third-order valence-corrected chi connectivity index (χ3v) is 4.35. The quantitative estimate of drug-likeness (QED) is 0.748. The summed E-state index contributed by atoms with van der Waals surface area (Å²) in [5.41, 5.74) is 0. The van der Waals surface area contributed by atoms with Gasteiger partial charge in [0.05, 0.1) is 4.21 Å². The lowest BCUT2D eigenvalue weighted by molar-refractivity contribution is 0.537. The minimum absolute atomic E-state index is 0.640. The zero-order chi connectivity index (χ0) is 10.4. The Hall–Kier alpha value is 0.01000. The third kappa shape index (κ3) is 4.49. The SMILES string of the molecule is CCC(C)NCC(C)Sc1cccs1. The number of thioether (sulfide) groups is 1. The molecule has 2 unspecified atom stereocenters. The normalized spacial score (nSPS) is 15.4. The molecular weight excluding hydrogens is 210 g/mol. The van der Waals surface area contributed by atoms with Gasteiger partial charge in [0.2, 0.25) is 0 Å². The first-order chi connectivity index (χ1) is 6.72. The van der Waals surface area contributed by atoms with Gasteiger partial charge in [0, 0.05) is 17.8 Å². The molecule has 0 fully saturated rings. The molecule has 14 heavy (non-hydrogen) atoms. The maximum Gasteiger partial charge on any atom is 0.0601 e. The summed E-state index contributed by atoms with van der Waals surface area (Å²) in [5, 5.41) is 6.32. The first-order valence-electron chi connectivity index (χ1n) is 5.16. The van der Waals surface area contributed by atoms with Crippen molar-refractivity contribution in [2.24, 2.45) is 0 Å². The van der Waals surface area contributed by atoms with Gasteiger partial charge in [-0.15, -0.1) is 23.1 Å². The zero-order valence-corrected chi connectivity index (χ0v) is 10.8. The van der Waals surface area contributed by atoms with E-state index in [1.54, 1.807) is 0 Å². The molecule has 0 radical (unpaired) electrons. The van der Waals surface area contributed by atoms with Gasteiger partial charge >= 0.3 is 0 Å². The molecule has 0 aliphatic rings. The summed E-state index contributed by atoms with van der Waals surface area (Å²) >= 11 is 3.79. The van der Waals surface area contributed by atoms with Gasteiger partial charge in [-0.2, -0.15) is 0 Å². The predicted molar refractivity (Wildman–Crippen MR) is 67.4 cm³/mol. The van der Waals surface area contributed by atoms with E-state index in [4.69, 9.17) is 0 Å². The smallest absolute Gasteiger partial charge is 0.0601 e. The van der Waals surface area contributed by atoms with Crippen molar-refractivity contribution in [3.8, 4) is 0 Å². The van der Waals surface area contributed by atoms with E-state index < -0.39 is 0 Å². The molecule has 0 amide bonds. The molecule has 1 rings (SSSR count). The summed E-state index contributed by atoms with van der Waals surface area (Å²) in [5.74, 6) is 0. The van der Waals surface area contributed by atoms with Crippen molar-refractivity contribution in [2.45, 2.75) is 42.7 Å². The average Bonchev–Trinajstić information content (AvgIpc) is 2.66. The van der Waals surface area contributed by atoms with Crippen LogP contribution in [-0.4, -0.2) is 17.8 Å². The second-order valence-electron chi connectivity index (χ2n) is 3.58. The maximum absolute atomic E-state index is 3.53. The van der Waals surface area contributed by atoms with E-state index in [1.807, 2.05) is 23.1 Å². The van der Waals surface area contributed by atoms with E-state index in [0.717, 1.165) is 6.54 Å². The number of rotatable bonds is 6. The van der Waals surface area contributed by atoms with Gasteiger partial charge in [-0.1, -0.05) is 19.9 Å². The monoisotopic (exact) mass is 229 g/mol. The summed E-state index contributed by atoms with van der Waals surface area (Å²) in [6.07, 6.45) is 1.20. The van der Waals surface area contributed by atoms with Crippen molar-refractivity contribution in [3.05, 3.63) is 17.5 Å². The minimum Gasteiger partial charge on any atom is -0.313 e. The summed E-state index contributed by atoms with van der Waals surface area (Å²) in [6, 6.07) is 4.94. The highest BCUT2D eigenvalue weighted by Crippen LogP contribution is 2.27. The van der Waals surface area contributed by atoms with E-state index in [2.05, 4.69) is 43.6 Å². The number of hydrogen-bond donors (Lipinski definition) is 1. The molecule has 0 saturated carbocycles. The van der Waals surface area contributed by atoms with Crippen molar-refractivity contribution in [1.29, 1.82) is 0 Å². The molecule has 3 heteroatoms. The van der Waals surface area contributed by atoms with Crippen molar-refractivity contribution >= 4 is 23.1 Å². The van der Waals surface area contributed by atoms with Crippen LogP contribution >= 0.6 is 23.1 Å². The Labute approximate surface area is 95.3 Å². The Kier molecular flexibility index (Phi) is 5.60.